The Hall–Kier alpha value is -1.52. The maximum absolute atomic E-state index is 12.0. The number of carbonyl (C=O) groups excluding carboxylic acids is 1. The van der Waals surface area contributed by atoms with E-state index in [1.165, 1.54) is 0 Å². The summed E-state index contributed by atoms with van der Waals surface area (Å²) < 4.78 is 5.30. The molecule has 1 fully saturated rings. The van der Waals surface area contributed by atoms with Crippen molar-refractivity contribution in [1.29, 1.82) is 0 Å². The summed E-state index contributed by atoms with van der Waals surface area (Å²) in [4.78, 5) is 15.1. The van der Waals surface area contributed by atoms with E-state index in [1.54, 1.807) is 0 Å². The minimum absolute atomic E-state index is 0.0488. The van der Waals surface area contributed by atoms with Crippen molar-refractivity contribution >= 4 is 28.4 Å². The molecule has 1 amide bonds. The van der Waals surface area contributed by atoms with E-state index in [4.69, 9.17) is 16.3 Å². The van der Waals surface area contributed by atoms with Gasteiger partial charge < -0.3 is 15.0 Å². The van der Waals surface area contributed by atoms with Gasteiger partial charge in [-0.25, -0.2) is 0 Å². The van der Waals surface area contributed by atoms with Crippen molar-refractivity contribution in [3.05, 3.63) is 35.0 Å². The number of amides is 1. The number of fused-ring (bicyclic) bond motifs is 1. The molecule has 1 atom stereocenters. The SMILES string of the molecule is O=C(Cc1c[nH]c2cc(Cl)ccc12)NCC1CCOC1. The van der Waals surface area contributed by atoms with E-state index < -0.39 is 0 Å². The van der Waals surface area contributed by atoms with E-state index in [9.17, 15) is 4.79 Å². The standard InChI is InChI=1S/C15H17ClN2O2/c16-12-1-2-13-11(8-17-14(13)6-12)5-15(19)18-7-10-3-4-20-9-10/h1-2,6,8,10,17H,3-5,7,9H2,(H,18,19). The maximum Gasteiger partial charge on any atom is 0.224 e. The number of hydrogen-bond acceptors (Lipinski definition) is 2. The Morgan fingerprint density at radius 1 is 1.50 bits per heavy atom. The summed E-state index contributed by atoms with van der Waals surface area (Å²) in [6.45, 7) is 2.27. The first-order chi connectivity index (χ1) is 9.72. The summed E-state index contributed by atoms with van der Waals surface area (Å²) in [5, 5.41) is 4.72. The van der Waals surface area contributed by atoms with Gasteiger partial charge in [-0.3, -0.25) is 4.79 Å². The first kappa shape index (κ1) is 13.5. The zero-order chi connectivity index (χ0) is 13.9. The Morgan fingerprint density at radius 2 is 2.40 bits per heavy atom. The van der Waals surface area contributed by atoms with Crippen LogP contribution in [0.2, 0.25) is 5.02 Å². The molecule has 3 rings (SSSR count). The van der Waals surface area contributed by atoms with Gasteiger partial charge in [0.25, 0.3) is 0 Å². The second-order valence-electron chi connectivity index (χ2n) is 5.21. The van der Waals surface area contributed by atoms with Crippen LogP contribution >= 0.6 is 11.6 Å². The molecule has 1 aromatic carbocycles. The van der Waals surface area contributed by atoms with Crippen LogP contribution in [-0.2, 0) is 16.0 Å². The summed E-state index contributed by atoms with van der Waals surface area (Å²) in [7, 11) is 0. The Balaban J connectivity index is 1.62. The Kier molecular flexibility index (Phi) is 3.94. The number of aromatic amines is 1. The monoisotopic (exact) mass is 292 g/mol. The lowest BCUT2D eigenvalue weighted by Crippen LogP contribution is -2.30. The number of rotatable bonds is 4. The molecule has 0 saturated carbocycles. The van der Waals surface area contributed by atoms with Crippen molar-refractivity contribution in [2.24, 2.45) is 5.92 Å². The molecule has 1 aromatic heterocycles. The van der Waals surface area contributed by atoms with E-state index in [0.29, 0.717) is 23.9 Å². The predicted molar refractivity (Wildman–Crippen MR) is 78.9 cm³/mol. The molecule has 0 spiro atoms. The van der Waals surface area contributed by atoms with Crippen LogP contribution in [0.5, 0.6) is 0 Å². The van der Waals surface area contributed by atoms with E-state index in [2.05, 4.69) is 10.3 Å². The maximum atomic E-state index is 12.0. The molecule has 1 aliphatic heterocycles. The largest absolute Gasteiger partial charge is 0.381 e. The zero-order valence-electron chi connectivity index (χ0n) is 11.1. The molecule has 2 heterocycles. The third-order valence-corrected chi connectivity index (χ3v) is 3.93. The zero-order valence-corrected chi connectivity index (χ0v) is 11.9. The van der Waals surface area contributed by atoms with Gasteiger partial charge in [-0.05, 0) is 24.1 Å². The van der Waals surface area contributed by atoms with Crippen LogP contribution in [0.15, 0.2) is 24.4 Å². The highest BCUT2D eigenvalue weighted by atomic mass is 35.5. The van der Waals surface area contributed by atoms with Crippen molar-refractivity contribution in [2.75, 3.05) is 19.8 Å². The van der Waals surface area contributed by atoms with E-state index >= 15 is 0 Å². The number of hydrogen-bond donors (Lipinski definition) is 2. The summed E-state index contributed by atoms with van der Waals surface area (Å²) in [6, 6.07) is 5.66. The fourth-order valence-electron chi connectivity index (χ4n) is 2.54. The molecule has 0 aliphatic carbocycles. The topological polar surface area (TPSA) is 54.1 Å². The lowest BCUT2D eigenvalue weighted by molar-refractivity contribution is -0.120. The molecule has 0 radical (unpaired) electrons. The summed E-state index contributed by atoms with van der Waals surface area (Å²) in [6.07, 6.45) is 3.29. The van der Waals surface area contributed by atoms with Crippen LogP contribution in [0, 0.1) is 5.92 Å². The first-order valence-corrected chi connectivity index (χ1v) is 7.20. The fraction of sp³-hybridized carbons (Fsp3) is 0.400. The molecule has 2 N–H and O–H groups in total. The number of nitrogens with one attached hydrogen (secondary N) is 2. The molecule has 1 saturated heterocycles. The van der Waals surface area contributed by atoms with Crippen LogP contribution < -0.4 is 5.32 Å². The second-order valence-corrected chi connectivity index (χ2v) is 5.65. The van der Waals surface area contributed by atoms with E-state index in [0.717, 1.165) is 36.1 Å². The average molecular weight is 293 g/mol. The third kappa shape index (κ3) is 2.97. The number of benzene rings is 1. The Bertz CT molecular complexity index is 617. The molecule has 1 aliphatic rings. The van der Waals surface area contributed by atoms with E-state index in [1.807, 2.05) is 24.4 Å². The predicted octanol–water partition coefficient (Wildman–Crippen LogP) is 2.52. The smallest absolute Gasteiger partial charge is 0.224 e. The number of H-pyrrole nitrogens is 1. The third-order valence-electron chi connectivity index (χ3n) is 3.69. The molecular formula is C15H17ClN2O2. The van der Waals surface area contributed by atoms with Crippen LogP contribution in [0.4, 0.5) is 0 Å². The van der Waals surface area contributed by atoms with Crippen molar-refractivity contribution < 1.29 is 9.53 Å². The lowest BCUT2D eigenvalue weighted by atomic mass is 10.1. The van der Waals surface area contributed by atoms with Crippen LogP contribution in [0.3, 0.4) is 0 Å². The highest BCUT2D eigenvalue weighted by molar-refractivity contribution is 6.31. The van der Waals surface area contributed by atoms with Gasteiger partial charge >= 0.3 is 0 Å². The van der Waals surface area contributed by atoms with Crippen molar-refractivity contribution in [3.63, 3.8) is 0 Å². The van der Waals surface area contributed by atoms with Gasteiger partial charge in [-0.2, -0.15) is 0 Å². The molecular weight excluding hydrogens is 276 g/mol. The highest BCUT2D eigenvalue weighted by Gasteiger charge is 2.16. The summed E-state index contributed by atoms with van der Waals surface area (Å²) in [5.41, 5.74) is 1.96. The second kappa shape index (κ2) is 5.85. The molecule has 0 bridgehead atoms. The number of halogens is 1. The minimum Gasteiger partial charge on any atom is -0.381 e. The molecule has 20 heavy (non-hydrogen) atoms. The molecule has 106 valence electrons. The van der Waals surface area contributed by atoms with Crippen molar-refractivity contribution in [3.8, 4) is 0 Å². The number of aromatic nitrogens is 1. The molecule has 2 aromatic rings. The van der Waals surface area contributed by atoms with Gasteiger partial charge in [-0.15, -0.1) is 0 Å². The van der Waals surface area contributed by atoms with Gasteiger partial charge in [-0.1, -0.05) is 17.7 Å². The average Bonchev–Trinajstić information content (AvgIpc) is 3.06. The van der Waals surface area contributed by atoms with Gasteiger partial charge in [0.05, 0.1) is 13.0 Å². The molecule has 4 nitrogen and oxygen atoms in total. The minimum atomic E-state index is 0.0488. The lowest BCUT2D eigenvalue weighted by Gasteiger charge is -2.09. The van der Waals surface area contributed by atoms with Crippen LogP contribution in [0.1, 0.15) is 12.0 Å². The van der Waals surface area contributed by atoms with E-state index in [-0.39, 0.29) is 5.91 Å². The summed E-state index contributed by atoms with van der Waals surface area (Å²) >= 11 is 5.94. The molecule has 5 heteroatoms. The summed E-state index contributed by atoms with van der Waals surface area (Å²) in [5.74, 6) is 0.508. The number of ether oxygens (including phenoxy) is 1. The normalized spacial score (nSPS) is 18.6. The highest BCUT2D eigenvalue weighted by Crippen LogP contribution is 2.22. The van der Waals surface area contributed by atoms with Crippen molar-refractivity contribution in [2.45, 2.75) is 12.8 Å². The number of carbonyl (C=O) groups is 1. The molecule has 1 unspecified atom stereocenters. The quantitative estimate of drug-likeness (QED) is 0.910. The van der Waals surface area contributed by atoms with Crippen LogP contribution in [0.25, 0.3) is 10.9 Å². The van der Waals surface area contributed by atoms with Crippen LogP contribution in [-0.4, -0.2) is 30.6 Å². The first-order valence-electron chi connectivity index (χ1n) is 6.82. The van der Waals surface area contributed by atoms with Gasteiger partial charge in [0.15, 0.2) is 0 Å². The van der Waals surface area contributed by atoms with Crippen molar-refractivity contribution in [1.82, 2.24) is 10.3 Å². The Labute approximate surface area is 122 Å². The Morgan fingerprint density at radius 3 is 3.20 bits per heavy atom. The fourth-order valence-corrected chi connectivity index (χ4v) is 2.71. The van der Waals surface area contributed by atoms with Gasteiger partial charge in [0.1, 0.15) is 0 Å². The van der Waals surface area contributed by atoms with Gasteiger partial charge in [0, 0.05) is 41.2 Å². The van der Waals surface area contributed by atoms with Gasteiger partial charge in [0.2, 0.25) is 5.91 Å².